The maximum atomic E-state index is 10.9. The Bertz CT molecular complexity index is 314. The van der Waals surface area contributed by atoms with Gasteiger partial charge in [-0.05, 0) is 6.92 Å². The van der Waals surface area contributed by atoms with Gasteiger partial charge in [0.15, 0.2) is 0 Å². The molecular formula is C6H7NO3S. The Hall–Kier alpha value is -1.10. The molecule has 60 valence electrons. The predicted octanol–water partition coefficient (Wildman–Crippen LogP) is 0.555. The van der Waals surface area contributed by atoms with E-state index in [0.717, 1.165) is 11.3 Å². The van der Waals surface area contributed by atoms with Crippen LogP contribution in [0.1, 0.15) is 13.0 Å². The van der Waals surface area contributed by atoms with Crippen LogP contribution in [0.2, 0.25) is 0 Å². The highest BCUT2D eigenvalue weighted by Gasteiger charge is 2.13. The quantitative estimate of drug-likeness (QED) is 0.710. The van der Waals surface area contributed by atoms with E-state index in [2.05, 4.69) is 0 Å². The van der Waals surface area contributed by atoms with Gasteiger partial charge in [0.1, 0.15) is 6.04 Å². The summed E-state index contributed by atoms with van der Waals surface area (Å²) in [4.78, 5) is 21.0. The molecule has 0 bridgehead atoms. The Labute approximate surface area is 66.7 Å². The number of carboxylic acid groups (broad SMARTS) is 1. The second kappa shape index (κ2) is 2.87. The van der Waals surface area contributed by atoms with Crippen LogP contribution >= 0.6 is 11.3 Å². The van der Waals surface area contributed by atoms with Crippen molar-refractivity contribution in [2.24, 2.45) is 0 Å². The minimum absolute atomic E-state index is 0.236. The lowest BCUT2D eigenvalue weighted by Crippen LogP contribution is -2.22. The largest absolute Gasteiger partial charge is 0.480 e. The van der Waals surface area contributed by atoms with Crippen molar-refractivity contribution < 1.29 is 9.90 Å². The van der Waals surface area contributed by atoms with Crippen LogP contribution in [0.4, 0.5) is 0 Å². The summed E-state index contributed by atoms with van der Waals surface area (Å²) >= 11 is 0.994. The van der Waals surface area contributed by atoms with Gasteiger partial charge in [-0.25, -0.2) is 4.79 Å². The highest BCUT2D eigenvalue weighted by molar-refractivity contribution is 7.07. The molecule has 0 saturated carbocycles. The second-order valence-corrected chi connectivity index (χ2v) is 2.95. The molecule has 1 aromatic rings. The van der Waals surface area contributed by atoms with Crippen molar-refractivity contribution in [2.45, 2.75) is 13.0 Å². The molecule has 1 rings (SSSR count). The Kier molecular flexibility index (Phi) is 2.09. The topological polar surface area (TPSA) is 59.3 Å². The molecule has 4 nitrogen and oxygen atoms in total. The predicted molar refractivity (Wildman–Crippen MR) is 40.9 cm³/mol. The highest BCUT2D eigenvalue weighted by atomic mass is 32.1. The standard InChI is InChI=1S/C6H7NO3S/c1-4(5(8)9)7-2-3-11-6(7)10/h2-4H,1H3,(H,8,9). The molecule has 11 heavy (non-hydrogen) atoms. The fourth-order valence-corrected chi connectivity index (χ4v) is 1.33. The summed E-state index contributed by atoms with van der Waals surface area (Å²) in [5.41, 5.74) is 0. The van der Waals surface area contributed by atoms with Crippen molar-refractivity contribution in [1.82, 2.24) is 4.57 Å². The minimum Gasteiger partial charge on any atom is -0.480 e. The molecule has 0 aromatic carbocycles. The second-order valence-electron chi connectivity index (χ2n) is 2.09. The van der Waals surface area contributed by atoms with Gasteiger partial charge in [-0.1, -0.05) is 11.3 Å². The van der Waals surface area contributed by atoms with Gasteiger partial charge in [0.25, 0.3) is 0 Å². The zero-order valence-electron chi connectivity index (χ0n) is 5.85. The summed E-state index contributed by atoms with van der Waals surface area (Å²) in [7, 11) is 0. The zero-order valence-corrected chi connectivity index (χ0v) is 6.67. The lowest BCUT2D eigenvalue weighted by atomic mass is 10.3. The van der Waals surface area contributed by atoms with E-state index < -0.39 is 12.0 Å². The smallest absolute Gasteiger partial charge is 0.326 e. The van der Waals surface area contributed by atoms with Crippen LogP contribution in [0, 0.1) is 0 Å². The minimum atomic E-state index is -0.995. The number of nitrogens with zero attached hydrogens (tertiary/aromatic N) is 1. The molecule has 0 fully saturated rings. The van der Waals surface area contributed by atoms with E-state index in [4.69, 9.17) is 5.11 Å². The number of carbonyl (C=O) groups is 1. The summed E-state index contributed by atoms with van der Waals surface area (Å²) in [5.74, 6) is -0.995. The number of hydrogen-bond acceptors (Lipinski definition) is 3. The molecule has 1 N–H and O–H groups in total. The van der Waals surface area contributed by atoms with E-state index in [-0.39, 0.29) is 4.87 Å². The summed E-state index contributed by atoms with van der Waals surface area (Å²) in [6.45, 7) is 1.47. The van der Waals surface area contributed by atoms with Crippen molar-refractivity contribution >= 4 is 17.3 Å². The monoisotopic (exact) mass is 173 g/mol. The first kappa shape index (κ1) is 8.00. The van der Waals surface area contributed by atoms with Gasteiger partial charge in [0.2, 0.25) is 0 Å². The van der Waals surface area contributed by atoms with E-state index in [9.17, 15) is 9.59 Å². The maximum Gasteiger partial charge on any atom is 0.326 e. The number of carboxylic acids is 1. The van der Waals surface area contributed by atoms with Crippen LogP contribution in [0.15, 0.2) is 16.4 Å². The third kappa shape index (κ3) is 1.48. The first-order valence-corrected chi connectivity index (χ1v) is 3.89. The van der Waals surface area contributed by atoms with Gasteiger partial charge in [-0.3, -0.25) is 9.36 Å². The van der Waals surface area contributed by atoms with Gasteiger partial charge in [0, 0.05) is 11.6 Å². The van der Waals surface area contributed by atoms with Crippen LogP contribution in [-0.4, -0.2) is 15.6 Å². The molecule has 1 unspecified atom stereocenters. The van der Waals surface area contributed by atoms with E-state index >= 15 is 0 Å². The number of thiazole rings is 1. The van der Waals surface area contributed by atoms with Crippen LogP contribution in [-0.2, 0) is 4.79 Å². The molecular weight excluding hydrogens is 166 g/mol. The van der Waals surface area contributed by atoms with Crippen LogP contribution in [0.3, 0.4) is 0 Å². The van der Waals surface area contributed by atoms with Crippen molar-refractivity contribution in [2.75, 3.05) is 0 Å². The Morgan fingerprint density at radius 2 is 2.45 bits per heavy atom. The van der Waals surface area contributed by atoms with Crippen LogP contribution in [0.25, 0.3) is 0 Å². The summed E-state index contributed by atoms with van der Waals surface area (Å²) in [6.07, 6.45) is 1.48. The summed E-state index contributed by atoms with van der Waals surface area (Å²) < 4.78 is 1.19. The highest BCUT2D eigenvalue weighted by Crippen LogP contribution is 2.02. The van der Waals surface area contributed by atoms with Gasteiger partial charge in [-0.2, -0.15) is 0 Å². The summed E-state index contributed by atoms with van der Waals surface area (Å²) in [5, 5.41) is 10.1. The van der Waals surface area contributed by atoms with E-state index in [1.807, 2.05) is 0 Å². The average Bonchev–Trinajstić information content (AvgIpc) is 2.33. The number of aromatic nitrogens is 1. The van der Waals surface area contributed by atoms with Gasteiger partial charge >= 0.3 is 10.8 Å². The normalized spacial score (nSPS) is 12.8. The molecule has 1 aromatic heterocycles. The molecule has 0 aliphatic carbocycles. The summed E-state index contributed by atoms with van der Waals surface area (Å²) in [6, 6.07) is -0.770. The lowest BCUT2D eigenvalue weighted by molar-refractivity contribution is -0.140. The molecule has 0 radical (unpaired) electrons. The fraction of sp³-hybridized carbons (Fsp3) is 0.333. The molecule has 0 amide bonds. The van der Waals surface area contributed by atoms with Gasteiger partial charge in [0.05, 0.1) is 0 Å². The number of rotatable bonds is 2. The Morgan fingerprint density at radius 1 is 1.82 bits per heavy atom. The lowest BCUT2D eigenvalue weighted by Gasteiger charge is -2.04. The van der Waals surface area contributed by atoms with Crippen molar-refractivity contribution in [3.63, 3.8) is 0 Å². The molecule has 1 atom stereocenters. The van der Waals surface area contributed by atoms with Crippen molar-refractivity contribution in [3.05, 3.63) is 21.2 Å². The molecule has 0 aliphatic rings. The molecule has 1 heterocycles. The van der Waals surface area contributed by atoms with Crippen LogP contribution in [0.5, 0.6) is 0 Å². The Balaban J connectivity index is 3.02. The van der Waals surface area contributed by atoms with E-state index in [0.29, 0.717) is 0 Å². The fourth-order valence-electron chi connectivity index (χ4n) is 0.682. The van der Waals surface area contributed by atoms with Crippen LogP contribution < -0.4 is 4.87 Å². The van der Waals surface area contributed by atoms with Crippen molar-refractivity contribution in [3.8, 4) is 0 Å². The number of aliphatic carboxylic acids is 1. The first-order chi connectivity index (χ1) is 5.13. The molecule has 0 aliphatic heterocycles. The third-order valence-corrected chi connectivity index (χ3v) is 2.05. The van der Waals surface area contributed by atoms with Gasteiger partial charge < -0.3 is 5.11 Å². The SMILES string of the molecule is CC(C(=O)O)n1ccsc1=O. The van der Waals surface area contributed by atoms with Gasteiger partial charge in [-0.15, -0.1) is 0 Å². The molecule has 0 spiro atoms. The van der Waals surface area contributed by atoms with E-state index in [1.54, 1.807) is 5.38 Å². The Morgan fingerprint density at radius 3 is 2.82 bits per heavy atom. The molecule has 0 saturated heterocycles. The maximum absolute atomic E-state index is 10.9. The zero-order chi connectivity index (χ0) is 8.43. The van der Waals surface area contributed by atoms with Crippen molar-refractivity contribution in [1.29, 1.82) is 0 Å². The molecule has 5 heteroatoms. The third-order valence-electron chi connectivity index (χ3n) is 1.38. The average molecular weight is 173 g/mol. The first-order valence-electron chi connectivity index (χ1n) is 3.01. The van der Waals surface area contributed by atoms with E-state index in [1.165, 1.54) is 17.7 Å². The number of hydrogen-bond donors (Lipinski definition) is 1.